The molecule has 2 amide bonds. The van der Waals surface area contributed by atoms with Crippen LogP contribution in [0.5, 0.6) is 0 Å². The summed E-state index contributed by atoms with van der Waals surface area (Å²) in [5.74, 6) is -0.213. The summed E-state index contributed by atoms with van der Waals surface area (Å²) in [6.45, 7) is 5.72. The van der Waals surface area contributed by atoms with Crippen LogP contribution in [-0.4, -0.2) is 27.6 Å². The number of pyridine rings is 1. The Bertz CT molecular complexity index is 979. The van der Waals surface area contributed by atoms with Gasteiger partial charge in [-0.1, -0.05) is 0 Å². The number of anilines is 1. The molecule has 29 heavy (non-hydrogen) atoms. The number of nitrogens with zero attached hydrogens (tertiary/aromatic N) is 2. The van der Waals surface area contributed by atoms with Crippen molar-refractivity contribution in [2.75, 3.05) is 5.32 Å². The highest BCUT2D eigenvalue weighted by atomic mass is 32.1. The van der Waals surface area contributed by atoms with Crippen LogP contribution >= 0.6 is 11.3 Å². The Balaban J connectivity index is 1.53. The van der Waals surface area contributed by atoms with Gasteiger partial charge in [0.2, 0.25) is 0 Å². The van der Waals surface area contributed by atoms with Crippen molar-refractivity contribution >= 4 is 29.0 Å². The summed E-state index contributed by atoms with van der Waals surface area (Å²) < 4.78 is 5.20. The fourth-order valence-corrected chi connectivity index (χ4v) is 3.17. The van der Waals surface area contributed by atoms with E-state index in [1.165, 1.54) is 11.3 Å². The molecule has 8 heteroatoms. The van der Waals surface area contributed by atoms with E-state index in [0.29, 0.717) is 17.8 Å². The Morgan fingerprint density at radius 3 is 2.41 bits per heavy atom. The van der Waals surface area contributed by atoms with Gasteiger partial charge in [0, 0.05) is 34.6 Å². The van der Waals surface area contributed by atoms with Crippen molar-refractivity contribution in [1.29, 1.82) is 0 Å². The lowest BCUT2D eigenvalue weighted by Gasteiger charge is -2.19. The van der Waals surface area contributed by atoms with Crippen LogP contribution in [0.15, 0.2) is 54.2 Å². The highest BCUT2D eigenvalue weighted by Gasteiger charge is 2.16. The fourth-order valence-electron chi connectivity index (χ4n) is 2.43. The smallest absolute Gasteiger partial charge is 0.412 e. The van der Waals surface area contributed by atoms with Gasteiger partial charge in [0.05, 0.1) is 12.2 Å². The van der Waals surface area contributed by atoms with E-state index < -0.39 is 11.7 Å². The summed E-state index contributed by atoms with van der Waals surface area (Å²) in [6, 6.07) is 10.4. The average molecular weight is 410 g/mol. The lowest BCUT2D eigenvalue weighted by atomic mass is 10.2. The molecule has 0 aliphatic heterocycles. The van der Waals surface area contributed by atoms with Crippen molar-refractivity contribution in [1.82, 2.24) is 15.3 Å². The SMILES string of the molecule is CC(C)(C)OC(=O)Nc1ccc(C(=O)NCc2nc(-c3ccncc3)cs2)cc1. The van der Waals surface area contributed by atoms with E-state index in [1.807, 2.05) is 17.5 Å². The fraction of sp³-hybridized carbons (Fsp3) is 0.238. The molecule has 1 aromatic carbocycles. The standard InChI is InChI=1S/C21H22N4O3S/c1-21(2,3)28-20(27)24-16-6-4-15(5-7-16)19(26)23-12-18-25-17(13-29-18)14-8-10-22-11-9-14/h4-11,13H,12H2,1-3H3,(H,23,26)(H,24,27). The van der Waals surface area contributed by atoms with Gasteiger partial charge in [0.15, 0.2) is 0 Å². The van der Waals surface area contributed by atoms with E-state index in [4.69, 9.17) is 4.74 Å². The minimum atomic E-state index is -0.572. The van der Waals surface area contributed by atoms with E-state index in [-0.39, 0.29) is 5.91 Å². The van der Waals surface area contributed by atoms with Crippen LogP contribution in [0.3, 0.4) is 0 Å². The van der Waals surface area contributed by atoms with Gasteiger partial charge < -0.3 is 10.1 Å². The lowest BCUT2D eigenvalue weighted by molar-refractivity contribution is 0.0635. The van der Waals surface area contributed by atoms with E-state index in [9.17, 15) is 9.59 Å². The number of benzene rings is 1. The zero-order valence-corrected chi connectivity index (χ0v) is 17.2. The maximum atomic E-state index is 12.4. The van der Waals surface area contributed by atoms with Crippen LogP contribution in [0, 0.1) is 0 Å². The Morgan fingerprint density at radius 2 is 1.76 bits per heavy atom. The van der Waals surface area contributed by atoms with Gasteiger partial charge in [0.25, 0.3) is 5.91 Å². The third kappa shape index (κ3) is 6.11. The molecule has 0 saturated heterocycles. The highest BCUT2D eigenvalue weighted by molar-refractivity contribution is 7.09. The van der Waals surface area contributed by atoms with Crippen molar-refractivity contribution in [2.45, 2.75) is 32.9 Å². The molecule has 0 saturated carbocycles. The molecule has 0 fully saturated rings. The minimum Gasteiger partial charge on any atom is -0.444 e. The molecule has 2 heterocycles. The first kappa shape index (κ1) is 20.5. The molecule has 0 aliphatic rings. The van der Waals surface area contributed by atoms with Crippen LogP contribution in [0.25, 0.3) is 11.3 Å². The summed E-state index contributed by atoms with van der Waals surface area (Å²) in [7, 11) is 0. The summed E-state index contributed by atoms with van der Waals surface area (Å²) >= 11 is 1.49. The van der Waals surface area contributed by atoms with Crippen LogP contribution < -0.4 is 10.6 Å². The monoisotopic (exact) mass is 410 g/mol. The van der Waals surface area contributed by atoms with Crippen molar-refractivity contribution in [3.63, 3.8) is 0 Å². The van der Waals surface area contributed by atoms with Crippen LogP contribution in [0.4, 0.5) is 10.5 Å². The van der Waals surface area contributed by atoms with Crippen molar-refractivity contribution in [3.8, 4) is 11.3 Å². The number of hydrogen-bond donors (Lipinski definition) is 2. The van der Waals surface area contributed by atoms with Gasteiger partial charge in [-0.15, -0.1) is 11.3 Å². The largest absolute Gasteiger partial charge is 0.444 e. The van der Waals surface area contributed by atoms with Gasteiger partial charge in [-0.25, -0.2) is 9.78 Å². The molecule has 0 bridgehead atoms. The predicted octanol–water partition coefficient (Wildman–Crippen LogP) is 4.48. The Kier molecular flexibility index (Phi) is 6.23. The van der Waals surface area contributed by atoms with Crippen molar-refractivity contribution in [3.05, 3.63) is 64.7 Å². The summed E-state index contributed by atoms with van der Waals surface area (Å²) in [5, 5.41) is 8.26. The molecule has 0 spiro atoms. The predicted molar refractivity (Wildman–Crippen MR) is 113 cm³/mol. The van der Waals surface area contributed by atoms with Gasteiger partial charge in [-0.2, -0.15) is 0 Å². The zero-order valence-electron chi connectivity index (χ0n) is 16.4. The maximum absolute atomic E-state index is 12.4. The van der Waals surface area contributed by atoms with Gasteiger partial charge in [0.1, 0.15) is 10.6 Å². The zero-order chi connectivity index (χ0) is 20.9. The quantitative estimate of drug-likeness (QED) is 0.647. The van der Waals surface area contributed by atoms with Gasteiger partial charge in [-0.3, -0.25) is 15.1 Å². The summed E-state index contributed by atoms with van der Waals surface area (Å²) in [6.07, 6.45) is 2.90. The molecule has 0 atom stereocenters. The first-order valence-electron chi connectivity index (χ1n) is 9.03. The number of hydrogen-bond acceptors (Lipinski definition) is 6. The Labute approximate surface area is 173 Å². The number of amides is 2. The van der Waals surface area contributed by atoms with Crippen LogP contribution in [0.1, 0.15) is 36.1 Å². The second-order valence-corrected chi connectivity index (χ2v) is 8.19. The third-order valence-corrected chi connectivity index (χ3v) is 4.57. The van der Waals surface area contributed by atoms with Crippen molar-refractivity contribution in [2.24, 2.45) is 0 Å². The van der Waals surface area contributed by atoms with E-state index >= 15 is 0 Å². The molecule has 2 aromatic heterocycles. The highest BCUT2D eigenvalue weighted by Crippen LogP contribution is 2.21. The summed E-state index contributed by atoms with van der Waals surface area (Å²) in [4.78, 5) is 32.7. The minimum absolute atomic E-state index is 0.213. The second-order valence-electron chi connectivity index (χ2n) is 7.25. The normalized spacial score (nSPS) is 11.0. The van der Waals surface area contributed by atoms with Crippen LogP contribution in [0.2, 0.25) is 0 Å². The Hall–Kier alpha value is -3.26. The molecular formula is C21H22N4O3S. The Morgan fingerprint density at radius 1 is 1.07 bits per heavy atom. The van der Waals surface area contributed by atoms with E-state index in [0.717, 1.165) is 16.3 Å². The number of carbonyl (C=O) groups excluding carboxylic acids is 2. The molecule has 2 N–H and O–H groups in total. The molecule has 0 radical (unpaired) electrons. The third-order valence-electron chi connectivity index (χ3n) is 3.72. The molecule has 150 valence electrons. The molecule has 3 rings (SSSR count). The molecule has 7 nitrogen and oxygen atoms in total. The van der Waals surface area contributed by atoms with Crippen molar-refractivity contribution < 1.29 is 14.3 Å². The van der Waals surface area contributed by atoms with Gasteiger partial charge >= 0.3 is 6.09 Å². The maximum Gasteiger partial charge on any atom is 0.412 e. The van der Waals surface area contributed by atoms with Crippen LogP contribution in [-0.2, 0) is 11.3 Å². The molecular weight excluding hydrogens is 388 g/mol. The number of carbonyl (C=O) groups is 2. The lowest BCUT2D eigenvalue weighted by Crippen LogP contribution is -2.27. The molecule has 0 unspecified atom stereocenters. The summed E-state index contributed by atoms with van der Waals surface area (Å²) in [5.41, 5.74) is 2.32. The first-order valence-corrected chi connectivity index (χ1v) is 9.91. The number of rotatable bonds is 5. The molecule has 0 aliphatic carbocycles. The number of nitrogens with one attached hydrogen (secondary N) is 2. The van der Waals surface area contributed by atoms with E-state index in [1.54, 1.807) is 57.4 Å². The number of aromatic nitrogens is 2. The van der Waals surface area contributed by atoms with E-state index in [2.05, 4.69) is 20.6 Å². The first-order chi connectivity index (χ1) is 13.8. The average Bonchev–Trinajstić information content (AvgIpc) is 3.15. The van der Waals surface area contributed by atoms with Gasteiger partial charge in [-0.05, 0) is 57.2 Å². The number of ether oxygens (including phenoxy) is 1. The second kappa shape index (κ2) is 8.83. The molecule has 3 aromatic rings. The number of thiazole rings is 1. The topological polar surface area (TPSA) is 93.2 Å².